The van der Waals surface area contributed by atoms with Gasteiger partial charge in [0.15, 0.2) is 12.9 Å². The Bertz CT molecular complexity index is 818. The molecule has 3 aliphatic rings. The molecule has 9 nitrogen and oxygen atoms in total. The number of nitrogens with one attached hydrogen (secondary N) is 1. The number of amides is 3. The Labute approximate surface area is 168 Å². The van der Waals surface area contributed by atoms with Crippen LogP contribution in [0.5, 0.6) is 5.75 Å². The molecule has 1 aromatic rings. The van der Waals surface area contributed by atoms with Crippen LogP contribution in [-0.4, -0.2) is 71.4 Å². The van der Waals surface area contributed by atoms with Gasteiger partial charge in [0, 0.05) is 13.0 Å². The van der Waals surface area contributed by atoms with Gasteiger partial charge in [-0.25, -0.2) is 0 Å². The molecule has 1 unspecified atom stereocenters. The summed E-state index contributed by atoms with van der Waals surface area (Å²) in [6.07, 6.45) is 0.817. The van der Waals surface area contributed by atoms with Crippen LogP contribution in [0.3, 0.4) is 0 Å². The lowest BCUT2D eigenvalue weighted by atomic mass is 9.87. The van der Waals surface area contributed by atoms with E-state index in [2.05, 4.69) is 5.32 Å². The second-order valence-corrected chi connectivity index (χ2v) is 7.77. The number of nitrogens with zero attached hydrogens (tertiary/aromatic N) is 2. The van der Waals surface area contributed by atoms with Gasteiger partial charge < -0.3 is 14.9 Å². The Morgan fingerprint density at radius 3 is 2.59 bits per heavy atom. The molecule has 2 fully saturated rings. The number of β-amino-alcohol motifs (C(OH)–C–C–N with tert-alkyl or cyclic N) is 2. The highest BCUT2D eigenvalue weighted by molar-refractivity contribution is 6.08. The Balaban J connectivity index is 1.58. The van der Waals surface area contributed by atoms with Gasteiger partial charge in [0.05, 0.1) is 5.69 Å². The van der Waals surface area contributed by atoms with Crippen molar-refractivity contribution in [3.8, 4) is 5.75 Å². The number of aliphatic hydroxyl groups excluding tert-OH is 1. The first-order valence-corrected chi connectivity index (χ1v) is 9.94. The van der Waals surface area contributed by atoms with Crippen LogP contribution in [-0.2, 0) is 14.4 Å². The Kier molecular flexibility index (Phi) is 5.53. The lowest BCUT2D eigenvalue weighted by molar-refractivity contribution is -0.136. The third kappa shape index (κ3) is 3.98. The molecule has 1 aromatic carbocycles. The standard InChI is InChI=1S/C20H25N3O6/c24-16-5-4-15(20(28)21-16)23-14-3-1-2-13(19(14)29-11-17(23)25)12-6-8-22(9-7-12)10-18(26)27/h1-3,12,15,18,26-27H,4-11H2,(H,21,24,28). The third-order valence-electron chi connectivity index (χ3n) is 5.86. The number of para-hydroxylation sites is 1. The van der Waals surface area contributed by atoms with E-state index in [4.69, 9.17) is 14.9 Å². The maximum Gasteiger partial charge on any atom is 0.265 e. The highest BCUT2D eigenvalue weighted by Crippen LogP contribution is 2.43. The van der Waals surface area contributed by atoms with Gasteiger partial charge in [0.25, 0.3) is 5.91 Å². The van der Waals surface area contributed by atoms with Gasteiger partial charge in [-0.2, -0.15) is 0 Å². The summed E-state index contributed by atoms with van der Waals surface area (Å²) >= 11 is 0. The minimum Gasteiger partial charge on any atom is -0.481 e. The maximum absolute atomic E-state index is 12.6. The van der Waals surface area contributed by atoms with E-state index < -0.39 is 18.2 Å². The molecule has 29 heavy (non-hydrogen) atoms. The first-order valence-electron chi connectivity index (χ1n) is 9.94. The van der Waals surface area contributed by atoms with Crippen molar-refractivity contribution in [1.82, 2.24) is 10.2 Å². The van der Waals surface area contributed by atoms with Crippen molar-refractivity contribution in [2.45, 2.75) is 43.9 Å². The fourth-order valence-electron chi connectivity index (χ4n) is 4.48. The predicted octanol–water partition coefficient (Wildman–Crippen LogP) is -0.293. The summed E-state index contributed by atoms with van der Waals surface area (Å²) in [7, 11) is 0. The smallest absolute Gasteiger partial charge is 0.265 e. The molecule has 0 saturated carbocycles. The molecule has 156 valence electrons. The topological polar surface area (TPSA) is 119 Å². The number of aliphatic hydroxyl groups is 2. The van der Waals surface area contributed by atoms with E-state index in [1.165, 1.54) is 4.90 Å². The number of ether oxygens (including phenoxy) is 1. The molecule has 0 spiro atoms. The molecule has 1 atom stereocenters. The number of benzene rings is 1. The lowest BCUT2D eigenvalue weighted by Gasteiger charge is -2.38. The van der Waals surface area contributed by atoms with Crippen molar-refractivity contribution >= 4 is 23.4 Å². The van der Waals surface area contributed by atoms with E-state index in [9.17, 15) is 14.4 Å². The van der Waals surface area contributed by atoms with Gasteiger partial charge in [0.2, 0.25) is 11.8 Å². The zero-order chi connectivity index (χ0) is 20.5. The number of fused-ring (bicyclic) bond motifs is 1. The number of anilines is 1. The third-order valence-corrected chi connectivity index (χ3v) is 5.86. The zero-order valence-electron chi connectivity index (χ0n) is 16.0. The molecule has 0 radical (unpaired) electrons. The molecule has 0 bridgehead atoms. The average molecular weight is 403 g/mol. The molecule has 3 N–H and O–H groups in total. The lowest BCUT2D eigenvalue weighted by Crippen LogP contribution is -2.56. The summed E-state index contributed by atoms with van der Waals surface area (Å²) in [6.45, 7) is 1.56. The van der Waals surface area contributed by atoms with Crippen molar-refractivity contribution in [2.75, 3.05) is 31.1 Å². The van der Waals surface area contributed by atoms with Crippen LogP contribution in [0.1, 0.15) is 37.2 Å². The van der Waals surface area contributed by atoms with Gasteiger partial charge in [-0.15, -0.1) is 0 Å². The Morgan fingerprint density at radius 1 is 1.14 bits per heavy atom. The van der Waals surface area contributed by atoms with Crippen molar-refractivity contribution in [2.24, 2.45) is 0 Å². The quantitative estimate of drug-likeness (QED) is 0.467. The van der Waals surface area contributed by atoms with Crippen LogP contribution >= 0.6 is 0 Å². The second kappa shape index (κ2) is 8.10. The van der Waals surface area contributed by atoms with E-state index in [1.807, 2.05) is 17.0 Å². The number of piperidine rings is 2. The number of carbonyl (C=O) groups excluding carboxylic acids is 3. The molecule has 9 heteroatoms. The zero-order valence-corrected chi connectivity index (χ0v) is 16.0. The van der Waals surface area contributed by atoms with Crippen LogP contribution in [0.4, 0.5) is 5.69 Å². The second-order valence-electron chi connectivity index (χ2n) is 7.77. The number of rotatable bonds is 4. The first kappa shape index (κ1) is 19.8. The van der Waals surface area contributed by atoms with Gasteiger partial charge in [-0.3, -0.25) is 29.5 Å². The fraction of sp³-hybridized carbons (Fsp3) is 0.550. The molecular weight excluding hydrogens is 378 g/mol. The number of carbonyl (C=O) groups is 3. The molecule has 2 saturated heterocycles. The number of likely N-dealkylation sites (tertiary alicyclic amines) is 1. The summed E-state index contributed by atoms with van der Waals surface area (Å²) in [5.74, 6) is -0.230. The molecule has 4 rings (SSSR count). The van der Waals surface area contributed by atoms with Crippen LogP contribution in [0.25, 0.3) is 0 Å². The van der Waals surface area contributed by atoms with Gasteiger partial charge >= 0.3 is 0 Å². The van der Waals surface area contributed by atoms with Gasteiger partial charge in [0.1, 0.15) is 11.8 Å². The van der Waals surface area contributed by atoms with Crippen molar-refractivity contribution < 1.29 is 29.3 Å². The largest absolute Gasteiger partial charge is 0.481 e. The highest BCUT2D eigenvalue weighted by Gasteiger charge is 2.40. The predicted molar refractivity (Wildman–Crippen MR) is 102 cm³/mol. The van der Waals surface area contributed by atoms with Crippen LogP contribution in [0.15, 0.2) is 18.2 Å². The molecule has 0 aromatic heterocycles. The summed E-state index contributed by atoms with van der Waals surface area (Å²) in [5.41, 5.74) is 1.57. The molecule has 3 aliphatic heterocycles. The molecule has 3 heterocycles. The average Bonchev–Trinajstić information content (AvgIpc) is 2.68. The highest BCUT2D eigenvalue weighted by atomic mass is 16.5. The van der Waals surface area contributed by atoms with Crippen LogP contribution < -0.4 is 15.0 Å². The van der Waals surface area contributed by atoms with E-state index in [0.29, 0.717) is 17.9 Å². The van der Waals surface area contributed by atoms with E-state index in [-0.39, 0.29) is 37.3 Å². The summed E-state index contributed by atoms with van der Waals surface area (Å²) in [6, 6.07) is 4.90. The first-order chi connectivity index (χ1) is 13.9. The van der Waals surface area contributed by atoms with Crippen LogP contribution in [0, 0.1) is 0 Å². The minimum absolute atomic E-state index is 0.142. The van der Waals surface area contributed by atoms with Crippen LogP contribution in [0.2, 0.25) is 0 Å². The SMILES string of the molecule is O=C1CCC(N2C(=O)COc3c(C4CCN(CC(O)O)CC4)cccc32)C(=O)N1. The molecule has 0 aliphatic carbocycles. The van der Waals surface area contributed by atoms with Crippen molar-refractivity contribution in [3.05, 3.63) is 23.8 Å². The van der Waals surface area contributed by atoms with Crippen molar-refractivity contribution in [1.29, 1.82) is 0 Å². The summed E-state index contributed by atoms with van der Waals surface area (Å²) < 4.78 is 5.81. The molecule has 3 amide bonds. The van der Waals surface area contributed by atoms with Gasteiger partial charge in [-0.05, 0) is 49.9 Å². The number of imide groups is 1. The number of hydrogen-bond acceptors (Lipinski definition) is 7. The Morgan fingerprint density at radius 2 is 1.90 bits per heavy atom. The Hall–Kier alpha value is -2.49. The number of hydrogen-bond donors (Lipinski definition) is 3. The maximum atomic E-state index is 12.6. The van der Waals surface area contributed by atoms with Gasteiger partial charge in [-0.1, -0.05) is 12.1 Å². The minimum atomic E-state index is -1.34. The summed E-state index contributed by atoms with van der Waals surface area (Å²) in [4.78, 5) is 39.9. The monoisotopic (exact) mass is 403 g/mol. The summed E-state index contributed by atoms with van der Waals surface area (Å²) in [5, 5.41) is 20.6. The van der Waals surface area contributed by atoms with E-state index >= 15 is 0 Å². The van der Waals surface area contributed by atoms with E-state index in [1.54, 1.807) is 6.07 Å². The fourth-order valence-corrected chi connectivity index (χ4v) is 4.48. The van der Waals surface area contributed by atoms with Crippen molar-refractivity contribution in [3.63, 3.8) is 0 Å². The normalized spacial score (nSPS) is 23.8. The van der Waals surface area contributed by atoms with E-state index in [0.717, 1.165) is 31.5 Å². The molecular formula is C20H25N3O6.